The first-order valence-electron chi connectivity index (χ1n) is 6.18. The van der Waals surface area contributed by atoms with Crippen LogP contribution in [0.3, 0.4) is 0 Å². The highest BCUT2D eigenvalue weighted by atomic mass is 16.5. The second kappa shape index (κ2) is 5.57. The predicted molar refractivity (Wildman–Crippen MR) is 71.5 cm³/mol. The van der Waals surface area contributed by atoms with Crippen LogP contribution in [0.15, 0.2) is 24.3 Å². The zero-order valence-electron chi connectivity index (χ0n) is 10.7. The monoisotopic (exact) mass is 257 g/mol. The van der Waals surface area contributed by atoms with Gasteiger partial charge in [-0.1, -0.05) is 5.92 Å². The minimum atomic E-state index is -0.554. The van der Waals surface area contributed by atoms with Crippen molar-refractivity contribution >= 4 is 17.6 Å². The average Bonchev–Trinajstić information content (AvgIpc) is 3.23. The number of carbonyl (C=O) groups is 2. The van der Waals surface area contributed by atoms with Crippen LogP contribution in [0.1, 0.15) is 30.1 Å². The molecule has 1 fully saturated rings. The smallest absolute Gasteiger partial charge is 0.339 e. The lowest BCUT2D eigenvalue weighted by molar-refractivity contribution is -0.117. The van der Waals surface area contributed by atoms with Gasteiger partial charge in [0.25, 0.3) is 0 Å². The number of benzene rings is 1. The standard InChI is InChI=1S/C15H15NO3/c1-3-10(2)19-15(18)12-6-8-13(9-7-12)16-14(17)11-4-5-11/h1,6-11H,4-5H2,2H3,(H,16,17). The molecule has 1 atom stereocenters. The lowest BCUT2D eigenvalue weighted by Crippen LogP contribution is -2.14. The van der Waals surface area contributed by atoms with E-state index in [0.29, 0.717) is 11.3 Å². The quantitative estimate of drug-likeness (QED) is 0.664. The van der Waals surface area contributed by atoms with Crippen LogP contribution >= 0.6 is 0 Å². The SMILES string of the molecule is C#CC(C)OC(=O)c1ccc(NC(=O)C2CC2)cc1. The highest BCUT2D eigenvalue weighted by molar-refractivity contribution is 5.95. The van der Waals surface area contributed by atoms with E-state index in [9.17, 15) is 9.59 Å². The summed E-state index contributed by atoms with van der Waals surface area (Å²) in [7, 11) is 0. The van der Waals surface area contributed by atoms with Crippen LogP contribution < -0.4 is 5.32 Å². The highest BCUT2D eigenvalue weighted by Crippen LogP contribution is 2.30. The zero-order valence-corrected chi connectivity index (χ0v) is 10.7. The van der Waals surface area contributed by atoms with Crippen molar-refractivity contribution in [1.82, 2.24) is 0 Å². The van der Waals surface area contributed by atoms with Gasteiger partial charge in [-0.15, -0.1) is 6.42 Å². The van der Waals surface area contributed by atoms with Crippen molar-refractivity contribution in [3.8, 4) is 12.3 Å². The van der Waals surface area contributed by atoms with Crippen molar-refractivity contribution < 1.29 is 14.3 Å². The molecule has 1 aromatic rings. The maximum absolute atomic E-state index is 11.7. The third-order valence-electron chi connectivity index (χ3n) is 2.85. The van der Waals surface area contributed by atoms with Gasteiger partial charge >= 0.3 is 5.97 Å². The average molecular weight is 257 g/mol. The maximum atomic E-state index is 11.7. The van der Waals surface area contributed by atoms with Crippen molar-refractivity contribution in [2.24, 2.45) is 5.92 Å². The summed E-state index contributed by atoms with van der Waals surface area (Å²) in [5.41, 5.74) is 1.09. The summed E-state index contributed by atoms with van der Waals surface area (Å²) in [6, 6.07) is 6.57. The maximum Gasteiger partial charge on any atom is 0.339 e. The van der Waals surface area contributed by atoms with Crippen molar-refractivity contribution in [2.45, 2.75) is 25.9 Å². The fraction of sp³-hybridized carbons (Fsp3) is 0.333. The van der Waals surface area contributed by atoms with Gasteiger partial charge in [0.1, 0.15) is 0 Å². The number of anilines is 1. The molecule has 0 bridgehead atoms. The van der Waals surface area contributed by atoms with Crippen LogP contribution in [-0.4, -0.2) is 18.0 Å². The molecule has 98 valence electrons. The van der Waals surface area contributed by atoms with Crippen molar-refractivity contribution in [3.05, 3.63) is 29.8 Å². The van der Waals surface area contributed by atoms with Crippen LogP contribution in [0.25, 0.3) is 0 Å². The topological polar surface area (TPSA) is 55.4 Å². The van der Waals surface area contributed by atoms with E-state index in [1.807, 2.05) is 0 Å². The van der Waals surface area contributed by atoms with Gasteiger partial charge in [-0.05, 0) is 44.0 Å². The molecule has 0 heterocycles. The molecule has 4 nitrogen and oxygen atoms in total. The second-order valence-electron chi connectivity index (χ2n) is 4.56. The molecule has 1 unspecified atom stereocenters. The van der Waals surface area contributed by atoms with E-state index in [0.717, 1.165) is 12.8 Å². The lowest BCUT2D eigenvalue weighted by atomic mass is 10.2. The van der Waals surface area contributed by atoms with E-state index in [1.165, 1.54) is 0 Å². The van der Waals surface area contributed by atoms with E-state index in [2.05, 4.69) is 11.2 Å². The molecule has 0 aromatic heterocycles. The molecule has 4 heteroatoms. The number of esters is 1. The molecule has 2 rings (SSSR count). The van der Waals surface area contributed by atoms with E-state index in [4.69, 9.17) is 11.2 Å². The molecule has 0 saturated heterocycles. The van der Waals surface area contributed by atoms with Crippen LogP contribution in [0, 0.1) is 18.3 Å². The van der Waals surface area contributed by atoms with Gasteiger partial charge in [0.15, 0.2) is 6.10 Å². The number of carbonyl (C=O) groups excluding carboxylic acids is 2. The number of amides is 1. The third kappa shape index (κ3) is 3.59. The minimum absolute atomic E-state index is 0.0382. The first-order chi connectivity index (χ1) is 9.10. The molecule has 0 aliphatic heterocycles. The Bertz CT molecular complexity index is 523. The summed E-state index contributed by atoms with van der Waals surface area (Å²) in [6.07, 6.45) is 6.50. The van der Waals surface area contributed by atoms with Gasteiger partial charge < -0.3 is 10.1 Å². The fourth-order valence-electron chi connectivity index (χ4n) is 1.54. The van der Waals surface area contributed by atoms with Crippen molar-refractivity contribution in [3.63, 3.8) is 0 Å². The molecular formula is C15H15NO3. The number of ether oxygens (including phenoxy) is 1. The summed E-state index contributed by atoms with van der Waals surface area (Å²) >= 11 is 0. The summed E-state index contributed by atoms with van der Waals surface area (Å²) in [5.74, 6) is 2.05. The van der Waals surface area contributed by atoms with Gasteiger partial charge in [0.2, 0.25) is 5.91 Å². The third-order valence-corrected chi connectivity index (χ3v) is 2.85. The molecule has 1 amide bonds. The van der Waals surface area contributed by atoms with E-state index < -0.39 is 12.1 Å². The predicted octanol–water partition coefficient (Wildman–Crippen LogP) is 2.21. The van der Waals surface area contributed by atoms with Crippen LogP contribution in [0.5, 0.6) is 0 Å². The van der Waals surface area contributed by atoms with Crippen LogP contribution in [0.4, 0.5) is 5.69 Å². The molecule has 1 aliphatic rings. The van der Waals surface area contributed by atoms with Crippen LogP contribution in [-0.2, 0) is 9.53 Å². The highest BCUT2D eigenvalue weighted by Gasteiger charge is 2.29. The largest absolute Gasteiger partial charge is 0.446 e. The number of hydrogen-bond acceptors (Lipinski definition) is 3. The molecule has 1 saturated carbocycles. The lowest BCUT2D eigenvalue weighted by Gasteiger charge is -2.08. The Morgan fingerprint density at radius 2 is 2.00 bits per heavy atom. The van der Waals surface area contributed by atoms with Gasteiger partial charge in [-0.3, -0.25) is 4.79 Å². The number of hydrogen-bond donors (Lipinski definition) is 1. The summed E-state index contributed by atoms with van der Waals surface area (Å²) < 4.78 is 4.99. The Morgan fingerprint density at radius 1 is 1.37 bits per heavy atom. The fourth-order valence-corrected chi connectivity index (χ4v) is 1.54. The van der Waals surface area contributed by atoms with Gasteiger partial charge in [0, 0.05) is 11.6 Å². The van der Waals surface area contributed by atoms with Gasteiger partial charge in [0.05, 0.1) is 5.56 Å². The van der Waals surface area contributed by atoms with Crippen LogP contribution in [0.2, 0.25) is 0 Å². The van der Waals surface area contributed by atoms with Crippen molar-refractivity contribution in [1.29, 1.82) is 0 Å². The first kappa shape index (κ1) is 13.2. The van der Waals surface area contributed by atoms with E-state index in [1.54, 1.807) is 31.2 Å². The van der Waals surface area contributed by atoms with Gasteiger partial charge in [-0.25, -0.2) is 4.79 Å². The van der Waals surface area contributed by atoms with Gasteiger partial charge in [-0.2, -0.15) is 0 Å². The minimum Gasteiger partial charge on any atom is -0.446 e. The molecule has 1 N–H and O–H groups in total. The number of nitrogens with one attached hydrogen (secondary N) is 1. The molecule has 1 aromatic carbocycles. The number of rotatable bonds is 4. The Hall–Kier alpha value is -2.28. The molecule has 19 heavy (non-hydrogen) atoms. The normalized spacial score (nSPS) is 15.2. The second-order valence-corrected chi connectivity index (χ2v) is 4.56. The molecule has 0 radical (unpaired) electrons. The molecule has 0 spiro atoms. The Morgan fingerprint density at radius 3 is 2.53 bits per heavy atom. The van der Waals surface area contributed by atoms with E-state index >= 15 is 0 Å². The van der Waals surface area contributed by atoms with Crippen molar-refractivity contribution in [2.75, 3.05) is 5.32 Å². The Kier molecular flexibility index (Phi) is 3.86. The molecule has 1 aliphatic carbocycles. The Balaban J connectivity index is 1.95. The summed E-state index contributed by atoms with van der Waals surface area (Å²) in [4.78, 5) is 23.2. The zero-order chi connectivity index (χ0) is 13.8. The summed E-state index contributed by atoms with van der Waals surface area (Å²) in [6.45, 7) is 1.63. The molecular weight excluding hydrogens is 242 g/mol. The first-order valence-corrected chi connectivity index (χ1v) is 6.18. The Labute approximate surface area is 112 Å². The summed E-state index contributed by atoms with van der Waals surface area (Å²) in [5, 5.41) is 2.80. The van der Waals surface area contributed by atoms with E-state index in [-0.39, 0.29) is 11.8 Å². The number of terminal acetylenes is 1.